The van der Waals surface area contributed by atoms with Gasteiger partial charge >= 0.3 is 0 Å². The van der Waals surface area contributed by atoms with Crippen molar-refractivity contribution in [1.29, 1.82) is 0 Å². The molecule has 6 nitrogen and oxygen atoms in total. The van der Waals surface area contributed by atoms with Gasteiger partial charge in [-0.05, 0) is 17.8 Å². The fraction of sp³-hybridized carbons (Fsp3) is 0.800. The number of nitrogens with two attached hydrogens (primary N) is 1. The van der Waals surface area contributed by atoms with Crippen LogP contribution in [0.15, 0.2) is 0 Å². The van der Waals surface area contributed by atoms with E-state index >= 15 is 0 Å². The highest BCUT2D eigenvalue weighted by atomic mass is 16.2. The van der Waals surface area contributed by atoms with E-state index in [0.717, 1.165) is 0 Å². The Morgan fingerprint density at radius 3 is 1.50 bits per heavy atom. The van der Waals surface area contributed by atoms with Gasteiger partial charge < -0.3 is 21.2 Å². The first kappa shape index (κ1) is 20.6. The summed E-state index contributed by atoms with van der Waals surface area (Å²) in [7, 11) is 1.45. The Bertz CT molecular complexity index is 411. The Labute approximate surface area is 134 Å². The van der Waals surface area contributed by atoms with E-state index in [9.17, 15) is 14.4 Å². The summed E-state index contributed by atoms with van der Waals surface area (Å²) in [5.41, 5.74) is 5.71. The lowest BCUT2D eigenvalue weighted by Gasteiger charge is -2.27. The SMILES string of the molecule is BC(=O)[C@@H](NC(=O)[C@@H](NC(=O)[C@@H](N)C(C)C)C(C)C)C(C)C. The number of nitrogens with one attached hydrogen (secondary N) is 2. The first-order valence-electron chi connectivity index (χ1n) is 7.85. The summed E-state index contributed by atoms with van der Waals surface area (Å²) < 4.78 is 0. The molecule has 22 heavy (non-hydrogen) atoms. The summed E-state index contributed by atoms with van der Waals surface area (Å²) in [6.45, 7) is 11.1. The molecule has 0 radical (unpaired) electrons. The Hall–Kier alpha value is -1.37. The van der Waals surface area contributed by atoms with Gasteiger partial charge in [-0.3, -0.25) is 9.59 Å². The first-order chi connectivity index (χ1) is 9.98. The van der Waals surface area contributed by atoms with E-state index in [4.69, 9.17) is 5.73 Å². The number of amides is 2. The molecule has 3 atom stereocenters. The van der Waals surface area contributed by atoms with Gasteiger partial charge in [0.05, 0.1) is 12.1 Å². The second-order valence-electron chi connectivity index (χ2n) is 6.84. The third kappa shape index (κ3) is 6.18. The van der Waals surface area contributed by atoms with E-state index in [1.54, 1.807) is 0 Å². The van der Waals surface area contributed by atoms with Crippen LogP contribution >= 0.6 is 0 Å². The normalized spacial score (nSPS) is 15.5. The van der Waals surface area contributed by atoms with Crippen molar-refractivity contribution in [3.8, 4) is 0 Å². The molecule has 0 aliphatic rings. The summed E-state index contributed by atoms with van der Waals surface area (Å²) in [6.07, 6.45) is 0. The van der Waals surface area contributed by atoms with Crippen LogP contribution in [0.3, 0.4) is 0 Å². The smallest absolute Gasteiger partial charge is 0.243 e. The first-order valence-corrected chi connectivity index (χ1v) is 7.85. The molecule has 0 aliphatic carbocycles. The average Bonchev–Trinajstić information content (AvgIpc) is 2.39. The molecule has 0 fully saturated rings. The Balaban J connectivity index is 4.99. The largest absolute Gasteiger partial charge is 0.345 e. The third-order valence-corrected chi connectivity index (χ3v) is 3.67. The van der Waals surface area contributed by atoms with Crippen LogP contribution in [0, 0.1) is 17.8 Å². The summed E-state index contributed by atoms with van der Waals surface area (Å²) in [6, 6.07) is -1.93. The molecule has 0 aliphatic heterocycles. The topological polar surface area (TPSA) is 101 Å². The molecular formula is C15H30BN3O3. The molecule has 0 aromatic rings. The highest BCUT2D eigenvalue weighted by molar-refractivity contribution is 6.59. The number of carbonyl (C=O) groups is 3. The van der Waals surface area contributed by atoms with E-state index in [1.165, 1.54) is 7.85 Å². The van der Waals surface area contributed by atoms with Crippen molar-refractivity contribution in [1.82, 2.24) is 10.6 Å². The van der Waals surface area contributed by atoms with Gasteiger partial charge in [0.1, 0.15) is 11.7 Å². The van der Waals surface area contributed by atoms with Crippen LogP contribution in [-0.4, -0.2) is 43.5 Å². The zero-order valence-corrected chi connectivity index (χ0v) is 14.8. The molecule has 7 heteroatoms. The van der Waals surface area contributed by atoms with E-state index in [1.807, 2.05) is 41.5 Å². The van der Waals surface area contributed by atoms with Crippen LogP contribution in [0.5, 0.6) is 0 Å². The molecule has 0 aromatic carbocycles. The van der Waals surface area contributed by atoms with Gasteiger partial charge in [-0.15, -0.1) is 0 Å². The highest BCUT2D eigenvalue weighted by Gasteiger charge is 2.30. The van der Waals surface area contributed by atoms with Gasteiger partial charge in [0, 0.05) is 0 Å². The number of hydrogen-bond donors (Lipinski definition) is 3. The number of hydrogen-bond acceptors (Lipinski definition) is 4. The lowest BCUT2D eigenvalue weighted by Crippen LogP contribution is -2.57. The molecule has 0 bridgehead atoms. The average molecular weight is 311 g/mol. The maximum absolute atomic E-state index is 12.4. The third-order valence-electron chi connectivity index (χ3n) is 3.67. The van der Waals surface area contributed by atoms with Gasteiger partial charge in [0.2, 0.25) is 11.8 Å². The monoisotopic (exact) mass is 311 g/mol. The van der Waals surface area contributed by atoms with Crippen LogP contribution in [0.4, 0.5) is 0 Å². The lowest BCUT2D eigenvalue weighted by atomic mass is 9.87. The maximum Gasteiger partial charge on any atom is 0.243 e. The molecule has 0 aromatic heterocycles. The van der Waals surface area contributed by atoms with Crippen molar-refractivity contribution >= 4 is 25.3 Å². The molecule has 0 saturated heterocycles. The van der Waals surface area contributed by atoms with Crippen LogP contribution < -0.4 is 16.4 Å². The van der Waals surface area contributed by atoms with E-state index < -0.39 is 18.1 Å². The summed E-state index contributed by atoms with van der Waals surface area (Å²) in [5, 5.41) is 5.42. The molecule has 0 saturated carbocycles. The van der Waals surface area contributed by atoms with Gasteiger partial charge in [0.25, 0.3) is 0 Å². The molecular weight excluding hydrogens is 281 g/mol. The quantitative estimate of drug-likeness (QED) is 0.522. The molecule has 0 unspecified atom stereocenters. The Morgan fingerprint density at radius 1 is 0.773 bits per heavy atom. The fourth-order valence-electron chi connectivity index (χ4n) is 2.07. The van der Waals surface area contributed by atoms with Gasteiger partial charge in [-0.2, -0.15) is 0 Å². The van der Waals surface area contributed by atoms with Crippen LogP contribution in [0.1, 0.15) is 41.5 Å². The summed E-state index contributed by atoms with van der Waals surface area (Å²) in [5.74, 6) is -0.844. The summed E-state index contributed by atoms with van der Waals surface area (Å²) in [4.78, 5) is 36.1. The van der Waals surface area contributed by atoms with E-state index in [-0.39, 0.29) is 35.3 Å². The van der Waals surface area contributed by atoms with Gasteiger partial charge in [-0.1, -0.05) is 41.5 Å². The van der Waals surface area contributed by atoms with Crippen molar-refractivity contribution in [3.05, 3.63) is 0 Å². The molecule has 0 heterocycles. The number of rotatable bonds is 8. The lowest BCUT2D eigenvalue weighted by molar-refractivity contribution is -0.132. The summed E-state index contributed by atoms with van der Waals surface area (Å²) >= 11 is 0. The predicted molar refractivity (Wildman–Crippen MR) is 89.9 cm³/mol. The standard InChI is InChI=1S/C15H30BN3O3/c1-7(2)10(17)14(21)19-12(9(5)6)15(22)18-11(8(3)4)13(16)20/h7-12H,16-17H2,1-6H3,(H,18,22)(H,19,21)/t10-,11-,12-/m0/s1. The predicted octanol–water partition coefficient (Wildman–Crippen LogP) is -0.589. The van der Waals surface area contributed by atoms with E-state index in [2.05, 4.69) is 10.6 Å². The van der Waals surface area contributed by atoms with Crippen LogP contribution in [-0.2, 0) is 14.4 Å². The minimum absolute atomic E-state index is 0.0112. The zero-order valence-electron chi connectivity index (χ0n) is 14.8. The molecule has 126 valence electrons. The van der Waals surface area contributed by atoms with Crippen molar-refractivity contribution in [2.45, 2.75) is 59.7 Å². The van der Waals surface area contributed by atoms with Crippen LogP contribution in [0.25, 0.3) is 0 Å². The van der Waals surface area contributed by atoms with Gasteiger partial charge in [-0.25, -0.2) is 0 Å². The van der Waals surface area contributed by atoms with Crippen LogP contribution in [0.2, 0.25) is 0 Å². The highest BCUT2D eigenvalue weighted by Crippen LogP contribution is 2.07. The van der Waals surface area contributed by atoms with Crippen molar-refractivity contribution in [2.75, 3.05) is 0 Å². The maximum atomic E-state index is 12.4. The van der Waals surface area contributed by atoms with Crippen molar-refractivity contribution in [3.63, 3.8) is 0 Å². The zero-order chi connectivity index (χ0) is 17.6. The van der Waals surface area contributed by atoms with Crippen molar-refractivity contribution < 1.29 is 14.4 Å². The van der Waals surface area contributed by atoms with Crippen molar-refractivity contribution in [2.24, 2.45) is 23.5 Å². The Kier molecular flexibility index (Phi) is 8.37. The fourth-order valence-corrected chi connectivity index (χ4v) is 2.07. The molecule has 4 N–H and O–H groups in total. The minimum Gasteiger partial charge on any atom is -0.345 e. The van der Waals surface area contributed by atoms with E-state index in [0.29, 0.717) is 0 Å². The minimum atomic E-state index is -0.710. The second-order valence-corrected chi connectivity index (χ2v) is 6.84. The molecule has 0 spiro atoms. The second kappa shape index (κ2) is 8.93. The number of carbonyl (C=O) groups excluding carboxylic acids is 3. The molecule has 2 amide bonds. The Morgan fingerprint density at radius 2 is 1.18 bits per heavy atom. The van der Waals surface area contributed by atoms with Gasteiger partial charge in [0.15, 0.2) is 7.85 Å². The molecule has 0 rings (SSSR count).